The first-order chi connectivity index (χ1) is 14.2. The minimum atomic E-state index is -0.504. The molecular formula is C21H26N6O2. The Morgan fingerprint density at radius 2 is 1.62 bits per heavy atom. The minimum absolute atomic E-state index is 0.241. The van der Waals surface area contributed by atoms with Gasteiger partial charge in [0.15, 0.2) is 0 Å². The number of para-hydroxylation sites is 4. The molecule has 2 heterocycles. The Hall–Kier alpha value is -3.42. The highest BCUT2D eigenvalue weighted by Gasteiger charge is 2.34. The topological polar surface area (TPSA) is 87.7 Å². The molecule has 2 aromatic carbocycles. The molecule has 29 heavy (non-hydrogen) atoms. The number of likely N-dealkylation sites (tertiary alicyclic amines) is 1. The van der Waals surface area contributed by atoms with E-state index < -0.39 is 6.29 Å². The van der Waals surface area contributed by atoms with Crippen LogP contribution in [0.4, 0.5) is 11.4 Å². The maximum atomic E-state index is 6.12. The molecule has 152 valence electrons. The van der Waals surface area contributed by atoms with Crippen LogP contribution in [0.2, 0.25) is 0 Å². The Morgan fingerprint density at radius 1 is 0.966 bits per heavy atom. The van der Waals surface area contributed by atoms with Crippen molar-refractivity contribution in [1.29, 1.82) is 0 Å². The SMILES string of the molecule is COc1ccccc1NC1N=C(N)N=C(N2CCCC2)N1c1ccccc1OC. The second kappa shape index (κ2) is 8.30. The second-order valence-electron chi connectivity index (χ2n) is 6.85. The summed E-state index contributed by atoms with van der Waals surface area (Å²) >= 11 is 0. The molecule has 8 nitrogen and oxygen atoms in total. The van der Waals surface area contributed by atoms with Gasteiger partial charge in [-0.15, -0.1) is 0 Å². The highest BCUT2D eigenvalue weighted by Crippen LogP contribution is 2.34. The average Bonchev–Trinajstić information content (AvgIpc) is 3.28. The molecule has 1 saturated heterocycles. The largest absolute Gasteiger partial charge is 0.495 e. The molecular weight excluding hydrogens is 368 g/mol. The number of rotatable bonds is 5. The Bertz CT molecular complexity index is 923. The first kappa shape index (κ1) is 18.9. The van der Waals surface area contributed by atoms with Gasteiger partial charge in [0, 0.05) is 13.1 Å². The summed E-state index contributed by atoms with van der Waals surface area (Å²) in [4.78, 5) is 13.5. The molecule has 0 radical (unpaired) electrons. The highest BCUT2D eigenvalue weighted by atomic mass is 16.5. The summed E-state index contributed by atoms with van der Waals surface area (Å²) in [5.41, 5.74) is 7.81. The summed E-state index contributed by atoms with van der Waals surface area (Å²) in [6, 6.07) is 15.6. The van der Waals surface area contributed by atoms with Gasteiger partial charge in [-0.1, -0.05) is 24.3 Å². The van der Waals surface area contributed by atoms with Gasteiger partial charge in [-0.05, 0) is 37.1 Å². The molecule has 0 saturated carbocycles. The van der Waals surface area contributed by atoms with Crippen LogP contribution in [0, 0.1) is 0 Å². The molecule has 2 aromatic rings. The Labute approximate surface area is 170 Å². The maximum absolute atomic E-state index is 6.12. The number of nitrogens with two attached hydrogens (primary N) is 1. The van der Waals surface area contributed by atoms with Crippen LogP contribution in [0.5, 0.6) is 11.5 Å². The molecule has 1 unspecified atom stereocenters. The van der Waals surface area contributed by atoms with Crippen molar-refractivity contribution in [2.24, 2.45) is 15.7 Å². The van der Waals surface area contributed by atoms with Crippen LogP contribution in [0.15, 0.2) is 58.5 Å². The first-order valence-corrected chi connectivity index (χ1v) is 9.70. The van der Waals surface area contributed by atoms with Crippen LogP contribution in [-0.2, 0) is 0 Å². The normalized spacial score (nSPS) is 18.9. The third-order valence-electron chi connectivity index (χ3n) is 5.05. The molecule has 0 aromatic heterocycles. The molecule has 8 heteroatoms. The standard InChI is InChI=1S/C21H26N6O2/c1-28-17-11-5-3-9-15(17)23-20-24-19(22)25-21(26-13-7-8-14-26)27(20)16-10-4-6-12-18(16)29-2/h3-6,9-12,20,23H,7-8,13-14H2,1-2H3,(H2,22,24). The zero-order chi connectivity index (χ0) is 20.2. The van der Waals surface area contributed by atoms with Crippen LogP contribution >= 0.6 is 0 Å². The van der Waals surface area contributed by atoms with Crippen molar-refractivity contribution in [2.75, 3.05) is 37.5 Å². The number of nitrogens with zero attached hydrogens (tertiary/aromatic N) is 4. The quantitative estimate of drug-likeness (QED) is 0.811. The lowest BCUT2D eigenvalue weighted by molar-refractivity contribution is 0.412. The molecule has 4 rings (SSSR count). The van der Waals surface area contributed by atoms with Gasteiger partial charge in [0.2, 0.25) is 18.2 Å². The Morgan fingerprint density at radius 3 is 2.34 bits per heavy atom. The van der Waals surface area contributed by atoms with E-state index in [0.29, 0.717) is 0 Å². The Kier molecular flexibility index (Phi) is 5.41. The first-order valence-electron chi connectivity index (χ1n) is 9.70. The lowest BCUT2D eigenvalue weighted by atomic mass is 10.2. The second-order valence-corrected chi connectivity index (χ2v) is 6.85. The minimum Gasteiger partial charge on any atom is -0.495 e. The zero-order valence-corrected chi connectivity index (χ0v) is 16.7. The van der Waals surface area contributed by atoms with Crippen LogP contribution in [0.25, 0.3) is 0 Å². The van der Waals surface area contributed by atoms with E-state index >= 15 is 0 Å². The number of hydrogen-bond acceptors (Lipinski definition) is 8. The van der Waals surface area contributed by atoms with E-state index in [1.807, 2.05) is 53.4 Å². The molecule has 0 amide bonds. The average molecular weight is 394 g/mol. The number of guanidine groups is 2. The van der Waals surface area contributed by atoms with Gasteiger partial charge in [-0.25, -0.2) is 4.99 Å². The third kappa shape index (κ3) is 3.78. The van der Waals surface area contributed by atoms with Gasteiger partial charge in [0.1, 0.15) is 11.5 Å². The van der Waals surface area contributed by atoms with E-state index in [2.05, 4.69) is 20.2 Å². The summed E-state index contributed by atoms with van der Waals surface area (Å²) in [5, 5.41) is 3.45. The monoisotopic (exact) mass is 394 g/mol. The summed E-state index contributed by atoms with van der Waals surface area (Å²) < 4.78 is 11.1. The Balaban J connectivity index is 1.78. The van der Waals surface area contributed by atoms with Crippen molar-refractivity contribution >= 4 is 23.3 Å². The number of aliphatic imine (C=N–C) groups is 2. The van der Waals surface area contributed by atoms with Gasteiger partial charge in [0.05, 0.1) is 25.6 Å². The fourth-order valence-electron chi connectivity index (χ4n) is 3.69. The summed E-state index contributed by atoms with van der Waals surface area (Å²) in [5.74, 6) is 2.48. The number of methoxy groups -OCH3 is 2. The fourth-order valence-corrected chi connectivity index (χ4v) is 3.69. The van der Waals surface area contributed by atoms with Crippen molar-refractivity contribution in [2.45, 2.75) is 19.1 Å². The summed E-state index contributed by atoms with van der Waals surface area (Å²) in [6.07, 6.45) is 1.75. The van der Waals surface area contributed by atoms with Crippen LogP contribution in [0.1, 0.15) is 12.8 Å². The van der Waals surface area contributed by atoms with Gasteiger partial charge in [-0.3, -0.25) is 4.90 Å². The lowest BCUT2D eigenvalue weighted by Gasteiger charge is -2.39. The highest BCUT2D eigenvalue weighted by molar-refractivity contribution is 6.06. The van der Waals surface area contributed by atoms with Crippen molar-refractivity contribution in [3.05, 3.63) is 48.5 Å². The van der Waals surface area contributed by atoms with E-state index in [4.69, 9.17) is 15.2 Å². The van der Waals surface area contributed by atoms with Gasteiger partial charge >= 0.3 is 0 Å². The molecule has 0 aliphatic carbocycles. The lowest BCUT2D eigenvalue weighted by Crippen LogP contribution is -2.54. The van der Waals surface area contributed by atoms with Gasteiger partial charge in [-0.2, -0.15) is 4.99 Å². The van der Waals surface area contributed by atoms with E-state index in [1.54, 1.807) is 14.2 Å². The van der Waals surface area contributed by atoms with E-state index in [9.17, 15) is 0 Å². The van der Waals surface area contributed by atoms with Crippen LogP contribution in [-0.4, -0.2) is 50.4 Å². The zero-order valence-electron chi connectivity index (χ0n) is 16.7. The van der Waals surface area contributed by atoms with E-state index in [-0.39, 0.29) is 5.96 Å². The molecule has 1 atom stereocenters. The van der Waals surface area contributed by atoms with Crippen LogP contribution < -0.4 is 25.4 Å². The number of anilines is 2. The molecule has 3 N–H and O–H groups in total. The summed E-state index contributed by atoms with van der Waals surface area (Å²) in [6.45, 7) is 1.86. The smallest absolute Gasteiger partial charge is 0.222 e. The molecule has 0 bridgehead atoms. The van der Waals surface area contributed by atoms with Crippen LogP contribution in [0.3, 0.4) is 0 Å². The molecule has 2 aliphatic rings. The predicted octanol–water partition coefficient (Wildman–Crippen LogP) is 2.69. The number of benzene rings is 2. The number of ether oxygens (including phenoxy) is 2. The fraction of sp³-hybridized carbons (Fsp3) is 0.333. The van der Waals surface area contributed by atoms with Gasteiger partial charge < -0.3 is 25.4 Å². The van der Waals surface area contributed by atoms with Gasteiger partial charge in [0.25, 0.3) is 0 Å². The predicted molar refractivity (Wildman–Crippen MR) is 116 cm³/mol. The van der Waals surface area contributed by atoms with Crippen molar-refractivity contribution in [1.82, 2.24) is 4.90 Å². The van der Waals surface area contributed by atoms with E-state index in [1.165, 1.54) is 0 Å². The molecule has 1 fully saturated rings. The van der Waals surface area contributed by atoms with Crippen molar-refractivity contribution < 1.29 is 9.47 Å². The van der Waals surface area contributed by atoms with Crippen molar-refractivity contribution in [3.63, 3.8) is 0 Å². The number of nitrogens with one attached hydrogen (secondary N) is 1. The van der Waals surface area contributed by atoms with E-state index in [0.717, 1.165) is 54.8 Å². The third-order valence-corrected chi connectivity index (χ3v) is 5.05. The molecule has 0 spiro atoms. The summed E-state index contributed by atoms with van der Waals surface area (Å²) in [7, 11) is 3.31. The maximum Gasteiger partial charge on any atom is 0.222 e. The number of hydrogen-bond donors (Lipinski definition) is 2. The van der Waals surface area contributed by atoms with Crippen molar-refractivity contribution in [3.8, 4) is 11.5 Å². The molecule has 2 aliphatic heterocycles.